The number of aromatic nitrogens is 2. The second kappa shape index (κ2) is 5.99. The first-order chi connectivity index (χ1) is 9.38. The molecule has 0 radical (unpaired) electrons. The molecule has 0 fully saturated rings. The quantitative estimate of drug-likeness (QED) is 0.512. The third-order valence-corrected chi connectivity index (χ3v) is 3.74. The smallest absolute Gasteiger partial charge is 0.144 e. The number of anilines is 1. The lowest BCUT2D eigenvalue weighted by molar-refractivity contribution is 0.539. The molecule has 0 aliphatic heterocycles. The molecule has 1 aromatic heterocycles. The Hall–Kier alpha value is -1.30. The summed E-state index contributed by atoms with van der Waals surface area (Å²) in [5.41, 5.74) is 2.45. The molecule has 0 atom stereocenters. The van der Waals surface area contributed by atoms with Gasteiger partial charge in [-0.25, -0.2) is 15.8 Å². The zero-order chi connectivity index (χ0) is 14.8. The van der Waals surface area contributed by atoms with Crippen molar-refractivity contribution < 1.29 is 0 Å². The molecule has 106 valence electrons. The standard InChI is InChI=1S/C14H17ClN4S/c1-14(2,3)13-17-11(19-16)8-12(18-13)20-10-6-4-9(15)5-7-10/h4-8H,16H2,1-3H3,(H,17,18,19). The van der Waals surface area contributed by atoms with Gasteiger partial charge in [0.25, 0.3) is 0 Å². The van der Waals surface area contributed by atoms with Gasteiger partial charge in [-0.3, -0.25) is 0 Å². The van der Waals surface area contributed by atoms with E-state index in [4.69, 9.17) is 17.4 Å². The van der Waals surface area contributed by atoms with Crippen LogP contribution in [0.2, 0.25) is 5.02 Å². The van der Waals surface area contributed by atoms with Gasteiger partial charge in [-0.15, -0.1) is 0 Å². The minimum absolute atomic E-state index is 0.137. The van der Waals surface area contributed by atoms with Crippen molar-refractivity contribution in [2.24, 2.45) is 5.84 Å². The lowest BCUT2D eigenvalue weighted by atomic mass is 9.96. The zero-order valence-corrected chi connectivity index (χ0v) is 13.2. The molecule has 0 aliphatic rings. The summed E-state index contributed by atoms with van der Waals surface area (Å²) in [5, 5.41) is 1.57. The molecule has 0 bridgehead atoms. The monoisotopic (exact) mass is 308 g/mol. The highest BCUT2D eigenvalue weighted by Crippen LogP contribution is 2.30. The Balaban J connectivity index is 2.33. The predicted octanol–water partition coefficient (Wildman–Crippen LogP) is 3.86. The second-order valence-electron chi connectivity index (χ2n) is 5.37. The van der Waals surface area contributed by atoms with E-state index in [9.17, 15) is 0 Å². The van der Waals surface area contributed by atoms with Crippen LogP contribution in [0.1, 0.15) is 26.6 Å². The number of hydrazine groups is 1. The van der Waals surface area contributed by atoms with Gasteiger partial charge >= 0.3 is 0 Å². The van der Waals surface area contributed by atoms with Crippen LogP contribution in [0.5, 0.6) is 0 Å². The maximum Gasteiger partial charge on any atom is 0.144 e. The second-order valence-corrected chi connectivity index (χ2v) is 6.90. The lowest BCUT2D eigenvalue weighted by Gasteiger charge is -2.18. The van der Waals surface area contributed by atoms with E-state index in [0.717, 1.165) is 20.8 Å². The third kappa shape index (κ3) is 3.85. The SMILES string of the molecule is CC(C)(C)c1nc(NN)cc(Sc2ccc(Cl)cc2)n1. The first kappa shape index (κ1) is 15.1. The zero-order valence-electron chi connectivity index (χ0n) is 11.6. The van der Waals surface area contributed by atoms with Crippen molar-refractivity contribution in [3.05, 3.63) is 41.2 Å². The molecule has 2 aromatic rings. The van der Waals surface area contributed by atoms with Gasteiger partial charge in [0.05, 0.1) is 0 Å². The number of nitrogens with two attached hydrogens (primary N) is 1. The highest BCUT2D eigenvalue weighted by molar-refractivity contribution is 7.99. The summed E-state index contributed by atoms with van der Waals surface area (Å²) in [7, 11) is 0. The maximum atomic E-state index is 5.89. The summed E-state index contributed by atoms with van der Waals surface area (Å²) >= 11 is 7.44. The molecule has 0 aliphatic carbocycles. The molecule has 0 spiro atoms. The normalized spacial score (nSPS) is 11.4. The van der Waals surface area contributed by atoms with Gasteiger partial charge in [-0.2, -0.15) is 0 Å². The number of nitrogens with one attached hydrogen (secondary N) is 1. The highest BCUT2D eigenvalue weighted by Gasteiger charge is 2.19. The van der Waals surface area contributed by atoms with Gasteiger partial charge in [0.2, 0.25) is 0 Å². The fraction of sp³-hybridized carbons (Fsp3) is 0.286. The number of halogens is 1. The van der Waals surface area contributed by atoms with Crippen molar-refractivity contribution in [1.29, 1.82) is 0 Å². The van der Waals surface area contributed by atoms with Crippen molar-refractivity contribution in [2.75, 3.05) is 5.43 Å². The van der Waals surface area contributed by atoms with E-state index in [-0.39, 0.29) is 5.41 Å². The number of hydrogen-bond donors (Lipinski definition) is 2. The molecule has 3 N–H and O–H groups in total. The summed E-state index contributed by atoms with van der Waals surface area (Å²) in [6.45, 7) is 6.21. The van der Waals surface area contributed by atoms with E-state index in [1.807, 2.05) is 30.3 Å². The highest BCUT2D eigenvalue weighted by atomic mass is 35.5. The summed E-state index contributed by atoms with van der Waals surface area (Å²) in [6.07, 6.45) is 0. The molecule has 0 saturated heterocycles. The van der Waals surface area contributed by atoms with Crippen molar-refractivity contribution >= 4 is 29.2 Å². The third-order valence-electron chi connectivity index (χ3n) is 2.56. The van der Waals surface area contributed by atoms with Crippen molar-refractivity contribution in [3.8, 4) is 0 Å². The summed E-state index contributed by atoms with van der Waals surface area (Å²) in [4.78, 5) is 10.1. The summed E-state index contributed by atoms with van der Waals surface area (Å²) < 4.78 is 0. The molecule has 0 unspecified atom stereocenters. The van der Waals surface area contributed by atoms with E-state index >= 15 is 0 Å². The Kier molecular flexibility index (Phi) is 4.52. The Labute approximate surface area is 128 Å². The Morgan fingerprint density at radius 1 is 1.15 bits per heavy atom. The van der Waals surface area contributed by atoms with Crippen LogP contribution in [0.3, 0.4) is 0 Å². The molecule has 6 heteroatoms. The van der Waals surface area contributed by atoms with E-state index in [1.165, 1.54) is 0 Å². The topological polar surface area (TPSA) is 63.8 Å². The van der Waals surface area contributed by atoms with Crippen LogP contribution in [0.25, 0.3) is 0 Å². The first-order valence-corrected chi connectivity index (χ1v) is 7.37. The molecule has 4 nitrogen and oxygen atoms in total. The van der Waals surface area contributed by atoms with Gasteiger partial charge in [-0.1, -0.05) is 44.1 Å². The van der Waals surface area contributed by atoms with Crippen LogP contribution in [-0.2, 0) is 5.41 Å². The van der Waals surface area contributed by atoms with E-state index in [2.05, 4.69) is 36.2 Å². The molecule has 1 aromatic carbocycles. The number of benzene rings is 1. The first-order valence-electron chi connectivity index (χ1n) is 6.18. The van der Waals surface area contributed by atoms with Crippen molar-refractivity contribution in [2.45, 2.75) is 36.1 Å². The maximum absolute atomic E-state index is 5.89. The largest absolute Gasteiger partial charge is 0.308 e. The predicted molar refractivity (Wildman–Crippen MR) is 84.1 cm³/mol. The van der Waals surface area contributed by atoms with Gasteiger partial charge in [0.15, 0.2) is 0 Å². The average Bonchev–Trinajstić information content (AvgIpc) is 2.40. The number of hydrogen-bond acceptors (Lipinski definition) is 5. The summed E-state index contributed by atoms with van der Waals surface area (Å²) in [6, 6.07) is 9.47. The Morgan fingerprint density at radius 2 is 1.80 bits per heavy atom. The van der Waals surface area contributed by atoms with Crippen LogP contribution in [0.15, 0.2) is 40.3 Å². The molecule has 2 rings (SSSR count). The molecule has 0 amide bonds. The van der Waals surface area contributed by atoms with Crippen LogP contribution in [0.4, 0.5) is 5.82 Å². The molecular formula is C14H17ClN4S. The van der Waals surface area contributed by atoms with Crippen LogP contribution in [-0.4, -0.2) is 9.97 Å². The van der Waals surface area contributed by atoms with Gasteiger partial charge < -0.3 is 5.43 Å². The fourth-order valence-corrected chi connectivity index (χ4v) is 2.45. The van der Waals surface area contributed by atoms with E-state index < -0.39 is 0 Å². The minimum Gasteiger partial charge on any atom is -0.308 e. The molecule has 20 heavy (non-hydrogen) atoms. The Morgan fingerprint density at radius 3 is 2.35 bits per heavy atom. The van der Waals surface area contributed by atoms with Gasteiger partial charge in [-0.05, 0) is 24.3 Å². The Bertz CT molecular complexity index is 593. The van der Waals surface area contributed by atoms with Gasteiger partial charge in [0, 0.05) is 21.4 Å². The molecule has 0 saturated carbocycles. The molecular weight excluding hydrogens is 292 g/mol. The van der Waals surface area contributed by atoms with Crippen LogP contribution in [0, 0.1) is 0 Å². The number of nitrogens with zero attached hydrogens (tertiary/aromatic N) is 2. The number of rotatable bonds is 3. The number of nitrogen functional groups attached to an aromatic ring is 1. The van der Waals surface area contributed by atoms with Gasteiger partial charge in [0.1, 0.15) is 16.7 Å². The van der Waals surface area contributed by atoms with E-state index in [0.29, 0.717) is 5.82 Å². The molecule has 1 heterocycles. The lowest BCUT2D eigenvalue weighted by Crippen LogP contribution is -2.19. The van der Waals surface area contributed by atoms with E-state index in [1.54, 1.807) is 11.8 Å². The fourth-order valence-electron chi connectivity index (χ4n) is 1.51. The van der Waals surface area contributed by atoms with Crippen molar-refractivity contribution in [1.82, 2.24) is 9.97 Å². The van der Waals surface area contributed by atoms with Crippen LogP contribution >= 0.6 is 23.4 Å². The van der Waals surface area contributed by atoms with Crippen molar-refractivity contribution in [3.63, 3.8) is 0 Å². The summed E-state index contributed by atoms with van der Waals surface area (Å²) in [5.74, 6) is 6.84. The van der Waals surface area contributed by atoms with Crippen LogP contribution < -0.4 is 11.3 Å². The average molecular weight is 309 g/mol. The minimum atomic E-state index is -0.137.